The van der Waals surface area contributed by atoms with Crippen molar-refractivity contribution in [2.75, 3.05) is 6.61 Å². The first kappa shape index (κ1) is 27.6. The van der Waals surface area contributed by atoms with E-state index >= 15 is 4.39 Å². The average molecular weight is 549 g/mol. The monoisotopic (exact) mass is 548 g/mol. The van der Waals surface area contributed by atoms with Gasteiger partial charge in [0.15, 0.2) is 17.7 Å². The number of aryl methyl sites for hydroxylation is 2. The summed E-state index contributed by atoms with van der Waals surface area (Å²) in [6, 6.07) is 6.75. The van der Waals surface area contributed by atoms with Crippen LogP contribution in [-0.2, 0) is 23.0 Å². The third kappa shape index (κ3) is 4.58. The second-order valence-corrected chi connectivity index (χ2v) is 11.3. The molecule has 0 unspecified atom stereocenters. The van der Waals surface area contributed by atoms with Gasteiger partial charge in [-0.2, -0.15) is 0 Å². The fourth-order valence-corrected chi connectivity index (χ4v) is 5.67. The summed E-state index contributed by atoms with van der Waals surface area (Å²) in [5.74, 6) is -0.941. The number of halogens is 1. The van der Waals surface area contributed by atoms with Crippen molar-refractivity contribution in [3.05, 3.63) is 68.7 Å². The molecule has 40 heavy (non-hydrogen) atoms. The molecule has 4 aromatic rings. The molecule has 2 aromatic carbocycles. The number of benzene rings is 2. The Morgan fingerprint density at radius 1 is 1.15 bits per heavy atom. The number of aliphatic carboxylic acids is 1. The predicted octanol–water partition coefficient (Wildman–Crippen LogP) is 6.19. The molecular weight excluding hydrogens is 515 g/mol. The highest BCUT2D eigenvalue weighted by Crippen LogP contribution is 2.43. The third-order valence-corrected chi connectivity index (χ3v) is 7.41. The SMILES string of the molecule is Cc1noc(C)c1-c1ccc2c(-c3cc(F)c4c(c3C)CCCO4)c([C@H](OC(C)(C)C)C(=O)O)n(C)c(=O)c2c1. The smallest absolute Gasteiger partial charge is 0.339 e. The second-order valence-electron chi connectivity index (χ2n) is 11.3. The van der Waals surface area contributed by atoms with Gasteiger partial charge in [-0.15, -0.1) is 0 Å². The maximum absolute atomic E-state index is 15.5. The molecule has 1 aliphatic heterocycles. The number of carboxylic acid groups (broad SMARTS) is 1. The maximum atomic E-state index is 15.5. The van der Waals surface area contributed by atoms with Crippen LogP contribution in [0.15, 0.2) is 33.6 Å². The van der Waals surface area contributed by atoms with Gasteiger partial charge in [0.25, 0.3) is 5.56 Å². The minimum Gasteiger partial charge on any atom is -0.490 e. The molecular formula is C31H33FN2O6. The van der Waals surface area contributed by atoms with Gasteiger partial charge < -0.3 is 23.7 Å². The van der Waals surface area contributed by atoms with E-state index in [1.807, 2.05) is 19.9 Å². The second kappa shape index (κ2) is 9.89. The highest BCUT2D eigenvalue weighted by atomic mass is 19.1. The fourth-order valence-electron chi connectivity index (χ4n) is 5.67. The van der Waals surface area contributed by atoms with Crippen LogP contribution in [0.25, 0.3) is 33.0 Å². The van der Waals surface area contributed by atoms with Gasteiger partial charge >= 0.3 is 5.97 Å². The Bertz CT molecular complexity index is 1710. The van der Waals surface area contributed by atoms with Crippen LogP contribution in [0.5, 0.6) is 5.75 Å². The van der Waals surface area contributed by atoms with E-state index in [-0.39, 0.29) is 11.4 Å². The molecule has 0 spiro atoms. The van der Waals surface area contributed by atoms with Crippen LogP contribution in [0.4, 0.5) is 4.39 Å². The summed E-state index contributed by atoms with van der Waals surface area (Å²) < 4.78 is 33.9. The lowest BCUT2D eigenvalue weighted by atomic mass is 9.87. The molecule has 0 radical (unpaired) electrons. The first-order valence-electron chi connectivity index (χ1n) is 13.3. The van der Waals surface area contributed by atoms with Crippen LogP contribution in [0.3, 0.4) is 0 Å². The Balaban J connectivity index is 1.92. The average Bonchev–Trinajstić information content (AvgIpc) is 3.24. The summed E-state index contributed by atoms with van der Waals surface area (Å²) in [7, 11) is 1.53. The fraction of sp³-hybridized carbons (Fsp3) is 0.387. The molecule has 8 nitrogen and oxygen atoms in total. The van der Waals surface area contributed by atoms with E-state index in [1.54, 1.807) is 39.8 Å². The number of carbonyl (C=O) groups is 1. The lowest BCUT2D eigenvalue weighted by molar-refractivity contribution is -0.161. The summed E-state index contributed by atoms with van der Waals surface area (Å²) in [4.78, 5) is 26.6. The van der Waals surface area contributed by atoms with E-state index in [1.165, 1.54) is 17.7 Å². The molecule has 5 rings (SSSR count). The number of carboxylic acids is 1. The van der Waals surface area contributed by atoms with Crippen molar-refractivity contribution < 1.29 is 28.3 Å². The number of pyridine rings is 1. The highest BCUT2D eigenvalue weighted by molar-refractivity contribution is 6.01. The molecule has 0 amide bonds. The molecule has 3 heterocycles. The van der Waals surface area contributed by atoms with Gasteiger partial charge in [0.2, 0.25) is 0 Å². The van der Waals surface area contributed by atoms with Crippen molar-refractivity contribution >= 4 is 16.7 Å². The number of hydrogen-bond acceptors (Lipinski definition) is 6. The zero-order valence-corrected chi connectivity index (χ0v) is 23.8. The number of nitrogens with zero attached hydrogens (tertiary/aromatic N) is 2. The maximum Gasteiger partial charge on any atom is 0.339 e. The minimum atomic E-state index is -1.49. The van der Waals surface area contributed by atoms with Crippen LogP contribution < -0.4 is 10.3 Å². The highest BCUT2D eigenvalue weighted by Gasteiger charge is 2.34. The number of fused-ring (bicyclic) bond motifs is 2. The molecule has 0 aliphatic carbocycles. The van der Waals surface area contributed by atoms with Crippen LogP contribution >= 0.6 is 0 Å². The van der Waals surface area contributed by atoms with Gasteiger partial charge in [-0.1, -0.05) is 17.3 Å². The summed E-state index contributed by atoms with van der Waals surface area (Å²) in [6.45, 7) is 11.2. The lowest BCUT2D eigenvalue weighted by Crippen LogP contribution is -2.33. The molecule has 1 atom stereocenters. The Morgan fingerprint density at radius 3 is 2.50 bits per heavy atom. The van der Waals surface area contributed by atoms with E-state index in [0.717, 1.165) is 28.7 Å². The summed E-state index contributed by atoms with van der Waals surface area (Å²) in [5.41, 5.74) is 3.54. The zero-order chi connectivity index (χ0) is 29.1. The molecule has 9 heteroatoms. The summed E-state index contributed by atoms with van der Waals surface area (Å²) >= 11 is 0. The Labute approximate surface area is 231 Å². The van der Waals surface area contributed by atoms with Gasteiger partial charge in [-0.05, 0) is 88.6 Å². The molecule has 0 saturated heterocycles. The van der Waals surface area contributed by atoms with E-state index < -0.39 is 29.1 Å². The quantitative estimate of drug-likeness (QED) is 0.317. The van der Waals surface area contributed by atoms with E-state index in [0.29, 0.717) is 46.4 Å². The largest absolute Gasteiger partial charge is 0.490 e. The standard InChI is InChI=1S/C31H33FN2O6/c1-15-19-9-8-12-38-27(19)23(32)14-21(15)25-20-11-10-18(24-16(2)33-40-17(24)3)13-22(20)29(35)34(7)26(25)28(30(36)37)39-31(4,5)6/h10-11,13-14,28H,8-9,12H2,1-7H3,(H,36,37)/t28-/m0/s1. The molecule has 0 saturated carbocycles. The Kier molecular flexibility index (Phi) is 6.82. The first-order valence-corrected chi connectivity index (χ1v) is 13.3. The van der Waals surface area contributed by atoms with Gasteiger partial charge in [-0.25, -0.2) is 9.18 Å². The van der Waals surface area contributed by atoms with Crippen LogP contribution in [0, 0.1) is 26.6 Å². The minimum absolute atomic E-state index is 0.143. The molecule has 210 valence electrons. The Morgan fingerprint density at radius 2 is 1.88 bits per heavy atom. The summed E-state index contributed by atoms with van der Waals surface area (Å²) in [6.07, 6.45) is -0.125. The van der Waals surface area contributed by atoms with E-state index in [9.17, 15) is 14.7 Å². The molecule has 0 fully saturated rings. The van der Waals surface area contributed by atoms with Gasteiger partial charge in [0, 0.05) is 29.1 Å². The normalized spacial score (nSPS) is 14.2. The topological polar surface area (TPSA) is 104 Å². The van der Waals surface area contributed by atoms with Crippen molar-refractivity contribution in [1.82, 2.24) is 9.72 Å². The molecule has 1 aliphatic rings. The zero-order valence-electron chi connectivity index (χ0n) is 23.8. The predicted molar refractivity (Wildman–Crippen MR) is 149 cm³/mol. The van der Waals surface area contributed by atoms with E-state index in [2.05, 4.69) is 5.16 Å². The van der Waals surface area contributed by atoms with Crippen molar-refractivity contribution in [2.24, 2.45) is 7.05 Å². The van der Waals surface area contributed by atoms with E-state index in [4.69, 9.17) is 14.0 Å². The van der Waals surface area contributed by atoms with Crippen molar-refractivity contribution in [3.63, 3.8) is 0 Å². The summed E-state index contributed by atoms with van der Waals surface area (Å²) in [5, 5.41) is 15.2. The molecule has 0 bridgehead atoms. The van der Waals surface area contributed by atoms with Gasteiger partial charge in [0.1, 0.15) is 5.76 Å². The van der Waals surface area contributed by atoms with Crippen molar-refractivity contribution in [1.29, 1.82) is 0 Å². The molecule has 1 N–H and O–H groups in total. The van der Waals surface area contributed by atoms with Gasteiger partial charge in [0.05, 0.1) is 23.6 Å². The third-order valence-electron chi connectivity index (χ3n) is 7.41. The van der Waals surface area contributed by atoms with Crippen molar-refractivity contribution in [3.8, 4) is 28.0 Å². The van der Waals surface area contributed by atoms with Crippen LogP contribution in [-0.4, -0.2) is 33.0 Å². The first-order chi connectivity index (χ1) is 18.8. The number of hydrogen-bond donors (Lipinski definition) is 1. The van der Waals surface area contributed by atoms with Crippen LogP contribution in [0.2, 0.25) is 0 Å². The van der Waals surface area contributed by atoms with Gasteiger partial charge in [-0.3, -0.25) is 4.79 Å². The number of aromatic nitrogens is 2. The van der Waals surface area contributed by atoms with Crippen molar-refractivity contribution in [2.45, 2.75) is 66.1 Å². The lowest BCUT2D eigenvalue weighted by Gasteiger charge is -2.29. The molecule has 2 aromatic heterocycles. The van der Waals surface area contributed by atoms with Crippen LogP contribution in [0.1, 0.15) is 61.6 Å². The number of ether oxygens (including phenoxy) is 2. The number of rotatable bonds is 5. The Hall–Kier alpha value is -3.98.